The van der Waals surface area contributed by atoms with Gasteiger partial charge in [-0.2, -0.15) is 5.10 Å². The molecule has 0 spiro atoms. The van der Waals surface area contributed by atoms with E-state index in [0.29, 0.717) is 5.65 Å². The summed E-state index contributed by atoms with van der Waals surface area (Å²) in [7, 11) is 1.97. The van der Waals surface area contributed by atoms with E-state index in [-0.39, 0.29) is 11.6 Å². The van der Waals surface area contributed by atoms with Crippen molar-refractivity contribution in [3.63, 3.8) is 0 Å². The van der Waals surface area contributed by atoms with E-state index >= 15 is 0 Å². The number of likely N-dealkylation sites (tertiary alicyclic amines) is 1. The standard InChI is InChI=1S/C17H22N6O/c1-12-13(10-19-21(12)2)11-22-8-4-3-5-15(22)14-9-17(24)23-16(20-14)6-7-18-23/h6-7,9-10,15,18H,3-5,8,11H2,1-2H3/t15-/m0/s1. The van der Waals surface area contributed by atoms with Crippen molar-refractivity contribution in [2.24, 2.45) is 7.05 Å². The second-order valence-corrected chi connectivity index (χ2v) is 6.54. The van der Waals surface area contributed by atoms with Gasteiger partial charge in [0.15, 0.2) is 5.65 Å². The smallest absolute Gasteiger partial charge is 0.272 e. The first-order valence-electron chi connectivity index (χ1n) is 8.42. The lowest BCUT2D eigenvalue weighted by Crippen LogP contribution is -2.34. The number of nitrogens with zero attached hydrogens (tertiary/aromatic N) is 5. The summed E-state index contributed by atoms with van der Waals surface area (Å²) in [6.07, 6.45) is 7.07. The molecule has 1 aliphatic rings. The van der Waals surface area contributed by atoms with Crippen LogP contribution in [0.1, 0.15) is 42.3 Å². The van der Waals surface area contributed by atoms with Gasteiger partial charge < -0.3 is 0 Å². The van der Waals surface area contributed by atoms with E-state index in [0.717, 1.165) is 25.2 Å². The number of fused-ring (bicyclic) bond motifs is 1. The predicted molar refractivity (Wildman–Crippen MR) is 90.8 cm³/mol. The first kappa shape index (κ1) is 15.1. The zero-order chi connectivity index (χ0) is 16.7. The van der Waals surface area contributed by atoms with E-state index in [1.165, 1.54) is 28.6 Å². The van der Waals surface area contributed by atoms with Gasteiger partial charge in [0, 0.05) is 43.2 Å². The summed E-state index contributed by atoms with van der Waals surface area (Å²) >= 11 is 0. The average molecular weight is 326 g/mol. The third kappa shape index (κ3) is 2.54. The van der Waals surface area contributed by atoms with Crippen LogP contribution in [0.4, 0.5) is 0 Å². The van der Waals surface area contributed by atoms with Crippen molar-refractivity contribution >= 4 is 5.65 Å². The van der Waals surface area contributed by atoms with E-state index in [9.17, 15) is 4.79 Å². The summed E-state index contributed by atoms with van der Waals surface area (Å²) in [5.41, 5.74) is 3.93. The maximum absolute atomic E-state index is 12.3. The SMILES string of the molecule is Cc1c(CN2CCCC[C@H]2c2cc(=O)n3[nH]ccc3n2)cnn1C. The summed E-state index contributed by atoms with van der Waals surface area (Å²) in [6, 6.07) is 3.69. The zero-order valence-electron chi connectivity index (χ0n) is 14.1. The van der Waals surface area contributed by atoms with Crippen LogP contribution in [0.3, 0.4) is 0 Å². The summed E-state index contributed by atoms with van der Waals surface area (Å²) in [5, 5.41) is 7.24. The Hall–Kier alpha value is -2.41. The maximum Gasteiger partial charge on any atom is 0.272 e. The molecule has 1 saturated heterocycles. The fraction of sp³-hybridized carbons (Fsp3) is 0.471. The van der Waals surface area contributed by atoms with Crippen LogP contribution in [-0.2, 0) is 13.6 Å². The summed E-state index contributed by atoms with van der Waals surface area (Å²) in [4.78, 5) is 19.4. The summed E-state index contributed by atoms with van der Waals surface area (Å²) in [5.74, 6) is 0. The molecular weight excluding hydrogens is 304 g/mol. The van der Waals surface area contributed by atoms with Crippen molar-refractivity contribution < 1.29 is 0 Å². The quantitative estimate of drug-likeness (QED) is 0.796. The molecule has 1 atom stereocenters. The molecule has 3 aromatic rings. The minimum atomic E-state index is -0.0527. The third-order valence-corrected chi connectivity index (χ3v) is 5.07. The Morgan fingerprint density at radius 3 is 3.04 bits per heavy atom. The molecule has 7 heteroatoms. The lowest BCUT2D eigenvalue weighted by Gasteiger charge is -2.35. The molecule has 0 radical (unpaired) electrons. The first-order chi connectivity index (χ1) is 11.6. The van der Waals surface area contributed by atoms with Gasteiger partial charge in [0.05, 0.1) is 17.9 Å². The Morgan fingerprint density at radius 2 is 2.25 bits per heavy atom. The highest BCUT2D eigenvalue weighted by Crippen LogP contribution is 2.31. The molecule has 0 aliphatic carbocycles. The predicted octanol–water partition coefficient (Wildman–Crippen LogP) is 1.79. The third-order valence-electron chi connectivity index (χ3n) is 5.07. The minimum Gasteiger partial charge on any atom is -0.297 e. The van der Waals surface area contributed by atoms with Crippen LogP contribution in [0.2, 0.25) is 0 Å². The van der Waals surface area contributed by atoms with Gasteiger partial charge in [0.2, 0.25) is 0 Å². The van der Waals surface area contributed by atoms with Crippen LogP contribution < -0.4 is 5.56 Å². The lowest BCUT2D eigenvalue weighted by molar-refractivity contribution is 0.137. The molecule has 24 heavy (non-hydrogen) atoms. The monoisotopic (exact) mass is 326 g/mol. The number of hydrogen-bond donors (Lipinski definition) is 1. The number of aryl methyl sites for hydroxylation is 1. The number of rotatable bonds is 3. The van der Waals surface area contributed by atoms with Crippen molar-refractivity contribution in [2.45, 2.75) is 38.8 Å². The zero-order valence-corrected chi connectivity index (χ0v) is 14.1. The normalized spacial score (nSPS) is 19.2. The summed E-state index contributed by atoms with van der Waals surface area (Å²) < 4.78 is 3.38. The second-order valence-electron chi connectivity index (χ2n) is 6.54. The number of H-pyrrole nitrogens is 1. The Kier molecular flexibility index (Phi) is 3.72. The van der Waals surface area contributed by atoms with Crippen LogP contribution in [0.25, 0.3) is 5.65 Å². The van der Waals surface area contributed by atoms with Gasteiger partial charge in [-0.3, -0.25) is 19.5 Å². The first-order valence-corrected chi connectivity index (χ1v) is 8.42. The number of piperidine rings is 1. The molecule has 1 fully saturated rings. The number of hydrogen-bond acceptors (Lipinski definition) is 4. The summed E-state index contributed by atoms with van der Waals surface area (Å²) in [6.45, 7) is 3.96. The number of aromatic nitrogens is 5. The molecule has 4 heterocycles. The number of nitrogens with one attached hydrogen (secondary N) is 1. The van der Waals surface area contributed by atoms with Crippen LogP contribution in [0.15, 0.2) is 29.3 Å². The molecule has 0 unspecified atom stereocenters. The molecule has 1 aliphatic heterocycles. The average Bonchev–Trinajstić information content (AvgIpc) is 3.18. The molecule has 0 bridgehead atoms. The van der Waals surface area contributed by atoms with E-state index in [4.69, 9.17) is 4.98 Å². The van der Waals surface area contributed by atoms with Gasteiger partial charge in [-0.1, -0.05) is 6.42 Å². The van der Waals surface area contributed by atoms with E-state index in [1.54, 1.807) is 12.3 Å². The molecule has 0 amide bonds. The van der Waals surface area contributed by atoms with Crippen molar-refractivity contribution in [3.05, 3.63) is 51.8 Å². The van der Waals surface area contributed by atoms with Crippen molar-refractivity contribution in [2.75, 3.05) is 6.54 Å². The highest BCUT2D eigenvalue weighted by atomic mass is 16.1. The Labute approximate surface area is 139 Å². The fourth-order valence-corrected chi connectivity index (χ4v) is 3.55. The van der Waals surface area contributed by atoms with Gasteiger partial charge in [0.25, 0.3) is 5.56 Å². The van der Waals surface area contributed by atoms with Crippen molar-refractivity contribution in [3.8, 4) is 0 Å². The van der Waals surface area contributed by atoms with E-state index in [2.05, 4.69) is 22.0 Å². The van der Waals surface area contributed by atoms with Crippen molar-refractivity contribution in [1.29, 1.82) is 0 Å². The molecule has 3 aromatic heterocycles. The van der Waals surface area contributed by atoms with E-state index in [1.807, 2.05) is 24.0 Å². The fourth-order valence-electron chi connectivity index (χ4n) is 3.55. The molecule has 0 aromatic carbocycles. The highest BCUT2D eigenvalue weighted by Gasteiger charge is 2.26. The van der Waals surface area contributed by atoms with Crippen LogP contribution in [-0.4, -0.2) is 35.8 Å². The highest BCUT2D eigenvalue weighted by molar-refractivity contribution is 5.37. The Morgan fingerprint density at radius 1 is 1.38 bits per heavy atom. The Balaban J connectivity index is 1.68. The van der Waals surface area contributed by atoms with Gasteiger partial charge in [-0.25, -0.2) is 9.50 Å². The molecule has 7 nitrogen and oxygen atoms in total. The lowest BCUT2D eigenvalue weighted by atomic mass is 9.98. The molecule has 0 saturated carbocycles. The van der Waals surface area contributed by atoms with Crippen molar-refractivity contribution in [1.82, 2.24) is 29.3 Å². The van der Waals surface area contributed by atoms with E-state index < -0.39 is 0 Å². The molecule has 1 N–H and O–H groups in total. The van der Waals surface area contributed by atoms with Gasteiger partial charge >= 0.3 is 0 Å². The topological polar surface area (TPSA) is 71.2 Å². The van der Waals surface area contributed by atoms with Gasteiger partial charge in [0.1, 0.15) is 0 Å². The van der Waals surface area contributed by atoms with Crippen LogP contribution >= 0.6 is 0 Å². The molecular formula is C17H22N6O. The minimum absolute atomic E-state index is 0.0527. The largest absolute Gasteiger partial charge is 0.297 e. The van der Waals surface area contributed by atoms with Crippen LogP contribution in [0.5, 0.6) is 0 Å². The number of aromatic amines is 1. The Bertz CT molecular complexity index is 921. The van der Waals surface area contributed by atoms with Gasteiger partial charge in [-0.15, -0.1) is 0 Å². The maximum atomic E-state index is 12.3. The molecule has 126 valence electrons. The van der Waals surface area contributed by atoms with Gasteiger partial charge in [-0.05, 0) is 26.3 Å². The van der Waals surface area contributed by atoms with Crippen LogP contribution in [0, 0.1) is 6.92 Å². The second kappa shape index (κ2) is 5.90. The molecule has 4 rings (SSSR count).